The first kappa shape index (κ1) is 14.8. The van der Waals surface area contributed by atoms with E-state index in [-0.39, 0.29) is 0 Å². The Hall–Kier alpha value is -1.60. The van der Waals surface area contributed by atoms with Gasteiger partial charge < -0.3 is 4.90 Å². The molecule has 0 spiro atoms. The van der Waals surface area contributed by atoms with Gasteiger partial charge >= 0.3 is 0 Å². The Morgan fingerprint density at radius 1 is 1.20 bits per heavy atom. The smallest absolute Gasteiger partial charge is 0.229 e. The van der Waals surface area contributed by atoms with Gasteiger partial charge in [0.05, 0.1) is 11.9 Å². The molecule has 0 saturated heterocycles. The number of hydrogen-bond donors (Lipinski definition) is 1. The maximum Gasteiger partial charge on any atom is 0.229 e. The summed E-state index contributed by atoms with van der Waals surface area (Å²) in [6, 6.07) is 7.22. The Balaban J connectivity index is 2.30. The summed E-state index contributed by atoms with van der Waals surface area (Å²) in [7, 11) is 0.679. The Kier molecular flexibility index (Phi) is 4.01. The molecule has 0 aliphatic carbocycles. The molecule has 2 rings (SSSR count). The lowest BCUT2D eigenvalue weighted by Crippen LogP contribution is -2.09. The van der Waals surface area contributed by atoms with Crippen LogP contribution in [-0.2, 0) is 10.0 Å². The largest absolute Gasteiger partial charge is 0.354 e. The van der Waals surface area contributed by atoms with E-state index in [0.29, 0.717) is 5.69 Å². The van der Waals surface area contributed by atoms with Crippen molar-refractivity contribution in [3.05, 3.63) is 29.1 Å². The third-order valence-corrected chi connectivity index (χ3v) is 4.37. The summed E-state index contributed by atoms with van der Waals surface area (Å²) in [6.07, 6.45) is 1.13. The summed E-state index contributed by atoms with van der Waals surface area (Å²) in [5.74, 6) is 0. The number of aryl methyl sites for hydroxylation is 1. The molecule has 0 bridgehead atoms. The quantitative estimate of drug-likeness (QED) is 0.942. The van der Waals surface area contributed by atoms with Gasteiger partial charge in [-0.25, -0.2) is 13.4 Å². The van der Waals surface area contributed by atoms with Gasteiger partial charge in [-0.3, -0.25) is 4.72 Å². The highest BCUT2D eigenvalue weighted by molar-refractivity contribution is 7.92. The number of sulfonamides is 1. The van der Waals surface area contributed by atoms with Gasteiger partial charge in [-0.15, -0.1) is 11.3 Å². The number of nitrogens with zero attached hydrogens (tertiary/aromatic N) is 2. The highest BCUT2D eigenvalue weighted by Gasteiger charge is 2.11. The van der Waals surface area contributed by atoms with Crippen LogP contribution in [0.4, 0.5) is 10.8 Å². The van der Waals surface area contributed by atoms with Crippen LogP contribution in [0, 0.1) is 6.92 Å². The van der Waals surface area contributed by atoms with Gasteiger partial charge in [0.15, 0.2) is 5.13 Å². The number of thiazole rings is 1. The Morgan fingerprint density at radius 3 is 2.25 bits per heavy atom. The van der Waals surface area contributed by atoms with Crippen molar-refractivity contribution in [1.82, 2.24) is 4.98 Å². The monoisotopic (exact) mass is 311 g/mol. The van der Waals surface area contributed by atoms with Crippen molar-refractivity contribution < 1.29 is 8.42 Å². The van der Waals surface area contributed by atoms with Crippen molar-refractivity contribution in [2.24, 2.45) is 0 Å². The minimum Gasteiger partial charge on any atom is -0.354 e. The summed E-state index contributed by atoms with van der Waals surface area (Å²) in [5, 5.41) is 0.954. The summed E-state index contributed by atoms with van der Waals surface area (Å²) >= 11 is 1.63. The van der Waals surface area contributed by atoms with Crippen molar-refractivity contribution in [3.8, 4) is 11.3 Å². The van der Waals surface area contributed by atoms with Crippen LogP contribution in [0.2, 0.25) is 0 Å². The first-order valence-electron chi connectivity index (χ1n) is 5.99. The van der Waals surface area contributed by atoms with Crippen LogP contribution < -0.4 is 9.62 Å². The van der Waals surface area contributed by atoms with Gasteiger partial charge in [0.2, 0.25) is 10.0 Å². The molecular formula is C13H17N3O2S2. The predicted molar refractivity (Wildman–Crippen MR) is 85.1 cm³/mol. The number of nitrogens with one attached hydrogen (secondary N) is 1. The van der Waals surface area contributed by atoms with Crippen molar-refractivity contribution in [2.75, 3.05) is 30.0 Å². The lowest BCUT2D eigenvalue weighted by molar-refractivity contribution is 0.607. The maximum atomic E-state index is 11.2. The van der Waals surface area contributed by atoms with Crippen LogP contribution in [0.1, 0.15) is 4.88 Å². The number of rotatable bonds is 4. The molecule has 1 N–H and O–H groups in total. The fraction of sp³-hybridized carbons (Fsp3) is 0.308. The van der Waals surface area contributed by atoms with E-state index in [4.69, 9.17) is 0 Å². The summed E-state index contributed by atoms with van der Waals surface area (Å²) in [6.45, 7) is 2.03. The van der Waals surface area contributed by atoms with Gasteiger partial charge in [-0.05, 0) is 19.1 Å². The Labute approximate surface area is 123 Å². The van der Waals surface area contributed by atoms with E-state index in [1.54, 1.807) is 23.5 Å². The van der Waals surface area contributed by atoms with Crippen molar-refractivity contribution in [1.29, 1.82) is 0 Å². The molecule has 1 heterocycles. The molecule has 108 valence electrons. The molecule has 2 aromatic rings. The molecule has 7 heteroatoms. The minimum atomic E-state index is -3.24. The van der Waals surface area contributed by atoms with Crippen molar-refractivity contribution in [2.45, 2.75) is 6.92 Å². The SMILES string of the molecule is Cc1sc(N(C)C)nc1-c1ccc(NS(C)(=O)=O)cc1. The predicted octanol–water partition coefficient (Wildman–Crippen LogP) is 2.56. The first-order chi connectivity index (χ1) is 9.26. The lowest BCUT2D eigenvalue weighted by Gasteiger charge is -2.06. The second-order valence-electron chi connectivity index (χ2n) is 4.75. The second-order valence-corrected chi connectivity index (χ2v) is 7.68. The van der Waals surface area contributed by atoms with E-state index in [2.05, 4.69) is 9.71 Å². The van der Waals surface area contributed by atoms with Crippen LogP contribution in [0.15, 0.2) is 24.3 Å². The van der Waals surface area contributed by atoms with Gasteiger partial charge in [-0.2, -0.15) is 0 Å². The van der Waals surface area contributed by atoms with E-state index < -0.39 is 10.0 Å². The molecule has 0 radical (unpaired) electrons. The van der Waals surface area contributed by atoms with Gasteiger partial charge in [0.25, 0.3) is 0 Å². The number of aromatic nitrogens is 1. The molecule has 0 unspecified atom stereocenters. The van der Waals surface area contributed by atoms with Gasteiger partial charge in [0.1, 0.15) is 0 Å². The molecule has 0 aliphatic rings. The third kappa shape index (κ3) is 3.49. The maximum absolute atomic E-state index is 11.2. The van der Waals surface area contributed by atoms with Crippen LogP contribution in [0.5, 0.6) is 0 Å². The standard InChI is InChI=1S/C13H17N3O2S2/c1-9-12(14-13(19-9)16(2)3)10-5-7-11(8-6-10)15-20(4,17)18/h5-8,15H,1-4H3. The molecule has 0 saturated carbocycles. The second kappa shape index (κ2) is 5.41. The molecule has 5 nitrogen and oxygen atoms in total. The van der Waals surface area contributed by atoms with Gasteiger partial charge in [0, 0.05) is 30.2 Å². The van der Waals surface area contributed by atoms with E-state index >= 15 is 0 Å². The first-order valence-corrected chi connectivity index (χ1v) is 8.70. The van der Waals surface area contributed by atoms with Crippen molar-refractivity contribution >= 4 is 32.2 Å². The molecular weight excluding hydrogens is 294 g/mol. The molecule has 1 aromatic carbocycles. The average Bonchev–Trinajstić information content (AvgIpc) is 2.70. The number of anilines is 2. The fourth-order valence-corrected chi connectivity index (χ4v) is 3.17. The van der Waals surface area contributed by atoms with E-state index in [9.17, 15) is 8.42 Å². The Morgan fingerprint density at radius 2 is 1.80 bits per heavy atom. The van der Waals surface area contributed by atoms with Crippen LogP contribution in [0.25, 0.3) is 11.3 Å². The van der Waals surface area contributed by atoms with E-state index in [0.717, 1.165) is 27.5 Å². The Bertz CT molecular complexity index is 704. The van der Waals surface area contributed by atoms with E-state index in [1.807, 2.05) is 38.1 Å². The van der Waals surface area contributed by atoms with Crippen molar-refractivity contribution in [3.63, 3.8) is 0 Å². The number of hydrogen-bond acceptors (Lipinski definition) is 5. The van der Waals surface area contributed by atoms with Gasteiger partial charge in [-0.1, -0.05) is 12.1 Å². The fourth-order valence-electron chi connectivity index (χ4n) is 1.75. The molecule has 0 fully saturated rings. The third-order valence-electron chi connectivity index (χ3n) is 2.63. The number of benzene rings is 1. The van der Waals surface area contributed by atoms with Crippen LogP contribution >= 0.6 is 11.3 Å². The van der Waals surface area contributed by atoms with E-state index in [1.165, 1.54) is 0 Å². The zero-order valence-corrected chi connectivity index (χ0v) is 13.5. The molecule has 0 amide bonds. The topological polar surface area (TPSA) is 62.3 Å². The summed E-state index contributed by atoms with van der Waals surface area (Å²) < 4.78 is 24.8. The normalized spacial score (nSPS) is 11.4. The molecule has 0 aliphatic heterocycles. The summed E-state index contributed by atoms with van der Waals surface area (Å²) in [5.41, 5.74) is 2.47. The zero-order chi connectivity index (χ0) is 14.9. The lowest BCUT2D eigenvalue weighted by atomic mass is 10.1. The highest BCUT2D eigenvalue weighted by Crippen LogP contribution is 2.32. The minimum absolute atomic E-state index is 0.553. The average molecular weight is 311 g/mol. The zero-order valence-electron chi connectivity index (χ0n) is 11.8. The van der Waals surface area contributed by atoms with Crippen LogP contribution in [-0.4, -0.2) is 33.8 Å². The molecule has 0 atom stereocenters. The summed E-state index contributed by atoms with van der Waals surface area (Å²) in [4.78, 5) is 7.70. The molecule has 1 aromatic heterocycles. The molecule has 20 heavy (non-hydrogen) atoms. The van der Waals surface area contributed by atoms with Crippen LogP contribution in [0.3, 0.4) is 0 Å². The highest BCUT2D eigenvalue weighted by atomic mass is 32.2.